The highest BCUT2D eigenvalue weighted by Crippen LogP contribution is 2.23. The number of pyridine rings is 1. The Morgan fingerprint density at radius 1 is 1.56 bits per heavy atom. The fourth-order valence-electron chi connectivity index (χ4n) is 1.97. The lowest BCUT2D eigenvalue weighted by atomic mass is 10.2. The summed E-state index contributed by atoms with van der Waals surface area (Å²) in [5, 5.41) is 0. The second-order valence-electron chi connectivity index (χ2n) is 4.21. The van der Waals surface area contributed by atoms with Crippen LogP contribution in [0.25, 0.3) is 0 Å². The van der Waals surface area contributed by atoms with Crippen molar-refractivity contribution in [1.29, 1.82) is 0 Å². The minimum absolute atomic E-state index is 0.301. The Balaban J connectivity index is 2.19. The minimum atomic E-state index is 0.301. The van der Waals surface area contributed by atoms with Gasteiger partial charge in [0.15, 0.2) is 5.82 Å². The van der Waals surface area contributed by atoms with E-state index < -0.39 is 0 Å². The largest absolute Gasteiger partial charge is 0.396 e. The number of ether oxygens (including phenoxy) is 1. The maximum atomic E-state index is 5.96. The predicted octanol–water partition coefficient (Wildman–Crippen LogP) is 1.59. The molecule has 0 amide bonds. The van der Waals surface area contributed by atoms with Crippen molar-refractivity contribution < 1.29 is 4.74 Å². The highest BCUT2D eigenvalue weighted by Gasteiger charge is 2.21. The first-order chi connectivity index (χ1) is 7.70. The summed E-state index contributed by atoms with van der Waals surface area (Å²) in [5.41, 5.74) is 7.72. The molecule has 0 aromatic carbocycles. The number of aromatic nitrogens is 1. The standard InChI is InChI=1S/C12H19N3O/c1-3-10-8-15(6-7-16-10)12-11(13)5-4-9(2)14-12/h4-5,10H,3,6-8,13H2,1-2H3. The van der Waals surface area contributed by atoms with Crippen LogP contribution in [-0.2, 0) is 4.74 Å². The monoisotopic (exact) mass is 221 g/mol. The summed E-state index contributed by atoms with van der Waals surface area (Å²) in [5.74, 6) is 0.904. The topological polar surface area (TPSA) is 51.4 Å². The Bertz CT molecular complexity index is 367. The SMILES string of the molecule is CCC1CN(c2nc(C)ccc2N)CCO1. The molecule has 2 heterocycles. The summed E-state index contributed by atoms with van der Waals surface area (Å²) in [6.45, 7) is 6.64. The highest BCUT2D eigenvalue weighted by molar-refractivity contribution is 5.63. The molecule has 1 unspecified atom stereocenters. The average Bonchev–Trinajstić information content (AvgIpc) is 2.32. The number of aryl methyl sites for hydroxylation is 1. The molecule has 0 saturated carbocycles. The van der Waals surface area contributed by atoms with Crippen LogP contribution in [0.2, 0.25) is 0 Å². The molecule has 1 aromatic heterocycles. The minimum Gasteiger partial charge on any atom is -0.396 e. The maximum absolute atomic E-state index is 5.96. The van der Waals surface area contributed by atoms with Crippen LogP contribution in [0.4, 0.5) is 11.5 Å². The van der Waals surface area contributed by atoms with Gasteiger partial charge in [0.1, 0.15) is 0 Å². The van der Waals surface area contributed by atoms with Gasteiger partial charge in [-0.2, -0.15) is 0 Å². The quantitative estimate of drug-likeness (QED) is 0.824. The lowest BCUT2D eigenvalue weighted by Crippen LogP contribution is -2.43. The van der Waals surface area contributed by atoms with Crippen LogP contribution in [0, 0.1) is 6.92 Å². The number of nitrogens with zero attached hydrogens (tertiary/aromatic N) is 2. The molecule has 88 valence electrons. The molecule has 1 aromatic rings. The number of rotatable bonds is 2. The number of morpholine rings is 1. The average molecular weight is 221 g/mol. The first-order valence-electron chi connectivity index (χ1n) is 5.80. The third-order valence-corrected chi connectivity index (χ3v) is 2.94. The third kappa shape index (κ3) is 2.27. The van der Waals surface area contributed by atoms with Crippen LogP contribution in [-0.4, -0.2) is 30.8 Å². The van der Waals surface area contributed by atoms with Crippen molar-refractivity contribution in [3.63, 3.8) is 0 Å². The van der Waals surface area contributed by atoms with Crippen LogP contribution in [0.15, 0.2) is 12.1 Å². The summed E-state index contributed by atoms with van der Waals surface area (Å²) >= 11 is 0. The lowest BCUT2D eigenvalue weighted by Gasteiger charge is -2.34. The third-order valence-electron chi connectivity index (χ3n) is 2.94. The molecule has 0 bridgehead atoms. The van der Waals surface area contributed by atoms with Crippen LogP contribution in [0.1, 0.15) is 19.0 Å². The molecule has 1 fully saturated rings. The Labute approximate surface area is 96.4 Å². The number of nitrogen functional groups attached to an aromatic ring is 1. The fourth-order valence-corrected chi connectivity index (χ4v) is 1.97. The second kappa shape index (κ2) is 4.70. The van der Waals surface area contributed by atoms with E-state index in [1.807, 2.05) is 19.1 Å². The molecule has 1 aliphatic rings. The molecular formula is C12H19N3O. The van der Waals surface area contributed by atoms with Crippen LogP contribution < -0.4 is 10.6 Å². The molecule has 2 N–H and O–H groups in total. The molecular weight excluding hydrogens is 202 g/mol. The molecule has 0 spiro atoms. The normalized spacial score (nSPS) is 21.1. The summed E-state index contributed by atoms with van der Waals surface area (Å²) in [7, 11) is 0. The zero-order valence-electron chi connectivity index (χ0n) is 9.94. The van der Waals surface area contributed by atoms with Gasteiger partial charge >= 0.3 is 0 Å². The smallest absolute Gasteiger partial charge is 0.152 e. The summed E-state index contributed by atoms with van der Waals surface area (Å²) in [6.07, 6.45) is 1.33. The summed E-state index contributed by atoms with van der Waals surface area (Å²) in [4.78, 5) is 6.73. The van der Waals surface area contributed by atoms with Crippen molar-refractivity contribution in [2.45, 2.75) is 26.4 Å². The van der Waals surface area contributed by atoms with Crippen LogP contribution >= 0.6 is 0 Å². The van der Waals surface area contributed by atoms with E-state index in [0.717, 1.165) is 43.3 Å². The second-order valence-corrected chi connectivity index (χ2v) is 4.21. The zero-order chi connectivity index (χ0) is 11.5. The molecule has 1 atom stereocenters. The van der Waals surface area contributed by atoms with E-state index in [1.54, 1.807) is 0 Å². The molecule has 4 nitrogen and oxygen atoms in total. The molecule has 1 saturated heterocycles. The first-order valence-corrected chi connectivity index (χ1v) is 5.80. The Hall–Kier alpha value is -1.29. The Morgan fingerprint density at radius 3 is 3.12 bits per heavy atom. The van der Waals surface area contributed by atoms with Gasteiger partial charge in [0.2, 0.25) is 0 Å². The van der Waals surface area contributed by atoms with Crippen molar-refractivity contribution >= 4 is 11.5 Å². The van der Waals surface area contributed by atoms with Gasteiger partial charge in [0.25, 0.3) is 0 Å². The van der Waals surface area contributed by atoms with Gasteiger partial charge in [-0.05, 0) is 25.5 Å². The van der Waals surface area contributed by atoms with Gasteiger partial charge in [-0.3, -0.25) is 0 Å². The summed E-state index contributed by atoms with van der Waals surface area (Å²) < 4.78 is 5.64. The Kier molecular flexibility index (Phi) is 3.29. The number of anilines is 2. The van der Waals surface area contributed by atoms with Gasteiger partial charge in [0, 0.05) is 18.8 Å². The van der Waals surface area contributed by atoms with Crippen molar-refractivity contribution in [3.05, 3.63) is 17.8 Å². The predicted molar refractivity (Wildman–Crippen MR) is 65.6 cm³/mol. The van der Waals surface area contributed by atoms with E-state index in [-0.39, 0.29) is 0 Å². The van der Waals surface area contributed by atoms with Gasteiger partial charge in [-0.15, -0.1) is 0 Å². The van der Waals surface area contributed by atoms with E-state index in [0.29, 0.717) is 6.10 Å². The molecule has 2 rings (SSSR count). The summed E-state index contributed by atoms with van der Waals surface area (Å²) in [6, 6.07) is 3.87. The van der Waals surface area contributed by atoms with E-state index in [1.165, 1.54) is 0 Å². The van der Waals surface area contributed by atoms with Crippen LogP contribution in [0.5, 0.6) is 0 Å². The van der Waals surface area contributed by atoms with Crippen molar-refractivity contribution in [2.75, 3.05) is 30.3 Å². The van der Waals surface area contributed by atoms with Gasteiger partial charge in [0.05, 0.1) is 18.4 Å². The van der Waals surface area contributed by atoms with E-state index in [2.05, 4.69) is 16.8 Å². The van der Waals surface area contributed by atoms with E-state index in [9.17, 15) is 0 Å². The molecule has 1 aliphatic heterocycles. The highest BCUT2D eigenvalue weighted by atomic mass is 16.5. The van der Waals surface area contributed by atoms with E-state index >= 15 is 0 Å². The maximum Gasteiger partial charge on any atom is 0.152 e. The van der Waals surface area contributed by atoms with Crippen molar-refractivity contribution in [2.24, 2.45) is 0 Å². The number of hydrogen-bond donors (Lipinski definition) is 1. The molecule has 0 aliphatic carbocycles. The van der Waals surface area contributed by atoms with Gasteiger partial charge in [-0.1, -0.05) is 6.92 Å². The molecule has 0 radical (unpaired) electrons. The number of hydrogen-bond acceptors (Lipinski definition) is 4. The van der Waals surface area contributed by atoms with Gasteiger partial charge < -0.3 is 15.4 Å². The van der Waals surface area contributed by atoms with Crippen LogP contribution in [0.3, 0.4) is 0 Å². The molecule has 4 heteroatoms. The van der Waals surface area contributed by atoms with Gasteiger partial charge in [-0.25, -0.2) is 4.98 Å². The first kappa shape index (κ1) is 11.2. The van der Waals surface area contributed by atoms with E-state index in [4.69, 9.17) is 10.5 Å². The zero-order valence-corrected chi connectivity index (χ0v) is 9.94. The lowest BCUT2D eigenvalue weighted by molar-refractivity contribution is 0.0382. The van der Waals surface area contributed by atoms with Crippen molar-refractivity contribution in [3.8, 4) is 0 Å². The Morgan fingerprint density at radius 2 is 2.38 bits per heavy atom. The molecule has 16 heavy (non-hydrogen) atoms. The van der Waals surface area contributed by atoms with Crippen molar-refractivity contribution in [1.82, 2.24) is 4.98 Å². The number of nitrogens with two attached hydrogens (primary N) is 1. The fraction of sp³-hybridized carbons (Fsp3) is 0.583.